The molecule has 0 N–H and O–H groups in total. The molecule has 0 aliphatic carbocycles. The lowest BCUT2D eigenvalue weighted by Gasteiger charge is -2.42. The quantitative estimate of drug-likeness (QED) is 0.174. The average Bonchev–Trinajstić information content (AvgIpc) is 2.88. The number of rotatable bonds is 8. The highest BCUT2D eigenvalue weighted by Crippen LogP contribution is 2.32. The number of alkyl halides is 2. The lowest BCUT2D eigenvalue weighted by atomic mass is 10.1. The predicted octanol–water partition coefficient (Wildman–Crippen LogP) is 7.30. The van der Waals surface area contributed by atoms with Gasteiger partial charge in [-0.2, -0.15) is 0 Å². The van der Waals surface area contributed by atoms with Gasteiger partial charge in [0.15, 0.2) is 12.5 Å². The van der Waals surface area contributed by atoms with Gasteiger partial charge in [0.1, 0.15) is 33.2 Å². The number of ether oxygens (including phenoxy) is 1. The van der Waals surface area contributed by atoms with Gasteiger partial charge in [-0.25, -0.2) is 18.8 Å². The highest BCUT2D eigenvalue weighted by atomic mass is 79.9. The van der Waals surface area contributed by atoms with Crippen LogP contribution in [0.25, 0.3) is 11.4 Å². The van der Waals surface area contributed by atoms with E-state index in [9.17, 15) is 8.78 Å². The lowest BCUT2D eigenvalue weighted by Crippen LogP contribution is -2.52. The molecule has 2 aromatic rings. The Hall–Kier alpha value is -2.88. The Bertz CT molecular complexity index is 1190. The maximum absolute atomic E-state index is 13.6. The van der Waals surface area contributed by atoms with Crippen LogP contribution in [-0.4, -0.2) is 43.8 Å². The van der Waals surface area contributed by atoms with Crippen LogP contribution in [0.2, 0.25) is 0 Å². The molecule has 192 valence electrons. The van der Waals surface area contributed by atoms with E-state index >= 15 is 0 Å². The molecule has 0 aromatic heterocycles. The zero-order valence-corrected chi connectivity index (χ0v) is 23.5. The fraction of sp³-hybridized carbons (Fsp3) is 0.214. The predicted molar refractivity (Wildman–Crippen MR) is 153 cm³/mol. The summed E-state index contributed by atoms with van der Waals surface area (Å²) in [5.74, 6) is 0.758. The molecule has 9 heteroatoms. The van der Waals surface area contributed by atoms with Crippen molar-refractivity contribution in [3.8, 4) is 0 Å². The summed E-state index contributed by atoms with van der Waals surface area (Å²) < 4.78 is 33.8. The molecule has 2 aromatic carbocycles. The Balaban J connectivity index is 1.76. The fourth-order valence-corrected chi connectivity index (χ4v) is 5.18. The molecule has 0 amide bonds. The van der Waals surface area contributed by atoms with Crippen molar-refractivity contribution in [2.45, 2.75) is 36.2 Å². The standard InChI is InChI=1S/C28H26Br2F2N4O/c1-5-25(29)35-17(3)33-23(19-7-11-21(31)12-8-19)15-27(35)37-28-16-24(20-9-13-22(32)14-10-20)34-18(4)36(28)26(30)6-2/h5-16,25-28H,1-2H2,3-4H3. The van der Waals surface area contributed by atoms with Crippen LogP contribution in [0.3, 0.4) is 0 Å². The average molecular weight is 632 g/mol. The van der Waals surface area contributed by atoms with Crippen molar-refractivity contribution in [2.75, 3.05) is 0 Å². The number of nitrogens with zero attached hydrogens (tertiary/aromatic N) is 4. The number of halogens is 4. The Morgan fingerprint density at radius 1 is 0.757 bits per heavy atom. The highest BCUT2D eigenvalue weighted by Gasteiger charge is 2.34. The minimum atomic E-state index is -0.575. The van der Waals surface area contributed by atoms with E-state index in [0.717, 1.165) is 11.1 Å². The molecule has 2 aliphatic heterocycles. The van der Waals surface area contributed by atoms with E-state index in [0.29, 0.717) is 23.1 Å². The maximum Gasteiger partial charge on any atom is 0.156 e. The topological polar surface area (TPSA) is 40.4 Å². The highest BCUT2D eigenvalue weighted by molar-refractivity contribution is 9.09. The molecule has 4 unspecified atom stereocenters. The molecule has 0 saturated carbocycles. The molecule has 4 atom stereocenters. The monoisotopic (exact) mass is 630 g/mol. The summed E-state index contributed by atoms with van der Waals surface area (Å²) in [4.78, 5) is 12.8. The zero-order chi connectivity index (χ0) is 26.7. The second-order valence-corrected chi connectivity index (χ2v) is 10.3. The first-order valence-electron chi connectivity index (χ1n) is 11.5. The van der Waals surface area contributed by atoms with Crippen LogP contribution in [0, 0.1) is 11.6 Å². The number of aliphatic imine (C=N–C) groups is 2. The summed E-state index contributed by atoms with van der Waals surface area (Å²) in [5, 5.41) is 0. The normalized spacial score (nSPS) is 21.4. The van der Waals surface area contributed by atoms with E-state index in [4.69, 9.17) is 14.7 Å². The first-order chi connectivity index (χ1) is 17.7. The molecule has 0 radical (unpaired) electrons. The van der Waals surface area contributed by atoms with Crippen molar-refractivity contribution in [1.29, 1.82) is 0 Å². The van der Waals surface area contributed by atoms with Gasteiger partial charge in [-0.05, 0) is 74.5 Å². The van der Waals surface area contributed by atoms with E-state index in [-0.39, 0.29) is 21.5 Å². The number of amidine groups is 2. The number of hydrogen-bond donors (Lipinski definition) is 0. The lowest BCUT2D eigenvalue weighted by molar-refractivity contribution is -0.0732. The van der Waals surface area contributed by atoms with Crippen LogP contribution < -0.4 is 0 Å². The van der Waals surface area contributed by atoms with E-state index in [1.165, 1.54) is 24.3 Å². The van der Waals surface area contributed by atoms with Gasteiger partial charge in [0.2, 0.25) is 0 Å². The summed E-state index contributed by atoms with van der Waals surface area (Å²) in [5.41, 5.74) is 2.86. The summed E-state index contributed by atoms with van der Waals surface area (Å²) in [6, 6.07) is 12.4. The number of benzene rings is 2. The van der Waals surface area contributed by atoms with Crippen molar-refractivity contribution in [2.24, 2.45) is 9.98 Å². The molecular weight excluding hydrogens is 606 g/mol. The summed E-state index contributed by atoms with van der Waals surface area (Å²) >= 11 is 7.30. The molecule has 0 spiro atoms. The number of hydrogen-bond acceptors (Lipinski definition) is 5. The van der Waals surface area contributed by atoms with Crippen LogP contribution in [-0.2, 0) is 4.74 Å². The Kier molecular flexibility index (Phi) is 8.56. The van der Waals surface area contributed by atoms with Crippen LogP contribution in [0.15, 0.2) is 96.0 Å². The Labute approximate surface area is 232 Å². The molecule has 2 aliphatic rings. The van der Waals surface area contributed by atoms with Crippen LogP contribution in [0.4, 0.5) is 8.78 Å². The van der Waals surface area contributed by atoms with E-state index in [1.54, 1.807) is 36.4 Å². The van der Waals surface area contributed by atoms with E-state index in [2.05, 4.69) is 45.0 Å². The summed E-state index contributed by atoms with van der Waals surface area (Å²) in [7, 11) is 0. The minimum Gasteiger partial charge on any atom is -0.328 e. The molecule has 2 heterocycles. The summed E-state index contributed by atoms with van der Waals surface area (Å²) in [6.45, 7) is 11.6. The molecule has 5 nitrogen and oxygen atoms in total. The van der Waals surface area contributed by atoms with Gasteiger partial charge in [-0.1, -0.05) is 44.0 Å². The third-order valence-corrected chi connectivity index (χ3v) is 7.57. The fourth-order valence-electron chi connectivity index (χ4n) is 4.12. The second-order valence-electron chi connectivity index (χ2n) is 8.38. The van der Waals surface area contributed by atoms with Crippen LogP contribution in [0.5, 0.6) is 0 Å². The molecular formula is C28H26Br2F2N4O. The van der Waals surface area contributed by atoms with Gasteiger partial charge in [0.05, 0.1) is 11.4 Å². The minimum absolute atomic E-state index is 0.265. The third-order valence-electron chi connectivity index (χ3n) is 5.94. The Morgan fingerprint density at radius 2 is 1.11 bits per heavy atom. The molecule has 4 rings (SSSR count). The van der Waals surface area contributed by atoms with Gasteiger partial charge in [-0.3, -0.25) is 0 Å². The molecule has 37 heavy (non-hydrogen) atoms. The molecule has 0 saturated heterocycles. The van der Waals surface area contributed by atoms with Crippen molar-refractivity contribution in [3.05, 3.63) is 109 Å². The van der Waals surface area contributed by atoms with Crippen LogP contribution in [0.1, 0.15) is 25.0 Å². The SMILES string of the molecule is C=CC(Br)N1C(C)=NC(c2ccc(F)cc2)=CC1OC1C=C(c2ccc(F)cc2)N=C(C)N1C(Br)C=C. The van der Waals surface area contributed by atoms with Gasteiger partial charge >= 0.3 is 0 Å². The first kappa shape index (κ1) is 27.2. The third kappa shape index (κ3) is 6.00. The second kappa shape index (κ2) is 11.7. The van der Waals surface area contributed by atoms with E-state index < -0.39 is 12.5 Å². The van der Waals surface area contributed by atoms with Crippen molar-refractivity contribution < 1.29 is 13.5 Å². The smallest absolute Gasteiger partial charge is 0.156 e. The van der Waals surface area contributed by atoms with Crippen molar-refractivity contribution in [3.63, 3.8) is 0 Å². The first-order valence-corrected chi connectivity index (χ1v) is 13.4. The maximum atomic E-state index is 13.6. The van der Waals surface area contributed by atoms with Crippen molar-refractivity contribution >= 4 is 54.9 Å². The Morgan fingerprint density at radius 3 is 1.43 bits per heavy atom. The van der Waals surface area contributed by atoms with Crippen molar-refractivity contribution in [1.82, 2.24) is 9.80 Å². The van der Waals surface area contributed by atoms with Gasteiger partial charge < -0.3 is 14.5 Å². The molecule has 0 bridgehead atoms. The van der Waals surface area contributed by atoms with Gasteiger partial charge in [0, 0.05) is 11.1 Å². The summed E-state index contributed by atoms with van der Waals surface area (Å²) in [6.07, 6.45) is 6.12. The van der Waals surface area contributed by atoms with Crippen LogP contribution >= 0.6 is 31.9 Å². The molecule has 0 fully saturated rings. The van der Waals surface area contributed by atoms with Gasteiger partial charge in [-0.15, -0.1) is 13.2 Å². The largest absolute Gasteiger partial charge is 0.328 e. The van der Waals surface area contributed by atoms with E-state index in [1.807, 2.05) is 35.8 Å². The van der Waals surface area contributed by atoms with Gasteiger partial charge in [0.25, 0.3) is 0 Å². The zero-order valence-electron chi connectivity index (χ0n) is 20.4.